The zero-order chi connectivity index (χ0) is 21.3. The van der Waals surface area contributed by atoms with E-state index < -0.39 is 11.9 Å². The summed E-state index contributed by atoms with van der Waals surface area (Å²) < 4.78 is 1.51. The van der Waals surface area contributed by atoms with Crippen LogP contribution in [0.2, 0.25) is 0 Å². The molecule has 1 aliphatic heterocycles. The van der Waals surface area contributed by atoms with Crippen molar-refractivity contribution in [1.29, 1.82) is 0 Å². The van der Waals surface area contributed by atoms with Gasteiger partial charge >= 0.3 is 6.03 Å². The fourth-order valence-electron chi connectivity index (χ4n) is 4.39. The van der Waals surface area contributed by atoms with Crippen molar-refractivity contribution in [2.75, 3.05) is 0 Å². The molecule has 0 bridgehead atoms. The summed E-state index contributed by atoms with van der Waals surface area (Å²) in [6, 6.07) is 4.98. The van der Waals surface area contributed by atoms with Crippen molar-refractivity contribution in [2.24, 2.45) is 5.92 Å². The van der Waals surface area contributed by atoms with Crippen molar-refractivity contribution in [2.45, 2.75) is 64.1 Å². The first-order valence-electron chi connectivity index (χ1n) is 10.6. The molecule has 0 spiro atoms. The van der Waals surface area contributed by atoms with E-state index in [2.05, 4.69) is 22.9 Å². The van der Waals surface area contributed by atoms with Gasteiger partial charge in [-0.1, -0.05) is 13.0 Å². The molecule has 1 atom stereocenters. The van der Waals surface area contributed by atoms with Crippen LogP contribution >= 0.6 is 0 Å². The maximum absolute atomic E-state index is 12.2. The normalized spacial score (nSPS) is 24.5. The highest BCUT2D eigenvalue weighted by Crippen LogP contribution is 2.33. The van der Waals surface area contributed by atoms with Crippen molar-refractivity contribution >= 4 is 28.6 Å². The summed E-state index contributed by atoms with van der Waals surface area (Å²) in [5, 5.41) is 20.2. The summed E-state index contributed by atoms with van der Waals surface area (Å²) in [7, 11) is 0. The summed E-state index contributed by atoms with van der Waals surface area (Å²) in [6.07, 6.45) is 6.66. The minimum absolute atomic E-state index is 0.00304. The molecule has 4 rings (SSSR count). The number of fused-ring (bicyclic) bond motifs is 1. The molecule has 2 aromatic rings. The summed E-state index contributed by atoms with van der Waals surface area (Å²) in [5.41, 5.74) is 0.898. The Balaban J connectivity index is 1.40. The standard InChI is InChI=1S/C22H28N4O4/c1-13-2-5-16(6-3-13)24-22(30)23-11-14-4-7-17-15(10-14)12-26(21(17)29)18-8-9-19(27)25-20(18)28/h4,7,10,12-13,16,18,29H,2-3,5-6,8-9,11H2,1H3,(H2,23,24,30)(H,25,27,28). The third-order valence-electron chi connectivity index (χ3n) is 6.23. The molecule has 4 amide bonds. The molecule has 1 aromatic carbocycles. The van der Waals surface area contributed by atoms with E-state index >= 15 is 0 Å². The number of carbonyl (C=O) groups is 3. The molecular weight excluding hydrogens is 384 g/mol. The SMILES string of the molecule is CC1CCC(NC(=O)NCc2ccc3c(O)n(C4CCC(=O)NC4=O)cc3c2)CC1. The molecule has 160 valence electrons. The third kappa shape index (κ3) is 4.27. The highest BCUT2D eigenvalue weighted by molar-refractivity contribution is 6.00. The second-order valence-electron chi connectivity index (χ2n) is 8.53. The van der Waals surface area contributed by atoms with E-state index in [1.54, 1.807) is 12.3 Å². The Labute approximate surface area is 175 Å². The van der Waals surface area contributed by atoms with Crippen molar-refractivity contribution < 1.29 is 19.5 Å². The summed E-state index contributed by atoms with van der Waals surface area (Å²) >= 11 is 0. The van der Waals surface area contributed by atoms with Crippen LogP contribution in [0.1, 0.15) is 57.1 Å². The molecule has 1 aliphatic carbocycles. The lowest BCUT2D eigenvalue weighted by Gasteiger charge is -2.26. The van der Waals surface area contributed by atoms with Crippen molar-refractivity contribution in [3.63, 3.8) is 0 Å². The predicted octanol–water partition coefficient (Wildman–Crippen LogP) is 2.70. The van der Waals surface area contributed by atoms with Crippen LogP contribution in [-0.4, -0.2) is 33.6 Å². The molecule has 0 radical (unpaired) electrons. The maximum Gasteiger partial charge on any atom is 0.315 e. The number of imide groups is 1. The van der Waals surface area contributed by atoms with Crippen LogP contribution in [-0.2, 0) is 16.1 Å². The average molecular weight is 412 g/mol. The van der Waals surface area contributed by atoms with Crippen LogP contribution in [0.25, 0.3) is 10.8 Å². The molecule has 2 fully saturated rings. The van der Waals surface area contributed by atoms with Gasteiger partial charge in [0, 0.05) is 36.0 Å². The first-order valence-corrected chi connectivity index (χ1v) is 10.6. The van der Waals surface area contributed by atoms with Crippen LogP contribution in [0, 0.1) is 5.92 Å². The fraction of sp³-hybridized carbons (Fsp3) is 0.500. The Bertz CT molecular complexity index is 975. The van der Waals surface area contributed by atoms with Crippen LogP contribution in [0.3, 0.4) is 0 Å². The third-order valence-corrected chi connectivity index (χ3v) is 6.23. The number of aromatic hydroxyl groups is 1. The van der Waals surface area contributed by atoms with E-state index in [1.807, 2.05) is 12.1 Å². The topological polar surface area (TPSA) is 112 Å². The highest BCUT2D eigenvalue weighted by atomic mass is 16.3. The first kappa shape index (κ1) is 20.3. The minimum Gasteiger partial charge on any atom is -0.494 e. The van der Waals surface area contributed by atoms with Gasteiger partial charge in [0.1, 0.15) is 6.04 Å². The van der Waals surface area contributed by atoms with Gasteiger partial charge in [-0.25, -0.2) is 4.79 Å². The van der Waals surface area contributed by atoms with Crippen LogP contribution < -0.4 is 16.0 Å². The van der Waals surface area contributed by atoms with Gasteiger partial charge in [-0.3, -0.25) is 14.9 Å². The lowest BCUT2D eigenvalue weighted by atomic mass is 9.87. The molecule has 1 aromatic heterocycles. The molecule has 30 heavy (non-hydrogen) atoms. The van der Waals surface area contributed by atoms with E-state index in [1.165, 1.54) is 4.57 Å². The lowest BCUT2D eigenvalue weighted by molar-refractivity contribution is -0.135. The van der Waals surface area contributed by atoms with Crippen molar-refractivity contribution in [1.82, 2.24) is 20.5 Å². The van der Waals surface area contributed by atoms with Gasteiger partial charge in [0.05, 0.1) is 0 Å². The molecule has 8 heteroatoms. The smallest absolute Gasteiger partial charge is 0.315 e. The zero-order valence-corrected chi connectivity index (χ0v) is 17.1. The lowest BCUT2D eigenvalue weighted by Crippen LogP contribution is -2.43. The Kier molecular flexibility index (Phi) is 5.65. The van der Waals surface area contributed by atoms with E-state index in [9.17, 15) is 19.5 Å². The van der Waals surface area contributed by atoms with E-state index in [4.69, 9.17) is 0 Å². The number of carbonyl (C=O) groups excluding carboxylic acids is 3. The Hall–Kier alpha value is -3.03. The molecule has 2 aliphatic rings. The molecule has 1 saturated carbocycles. The van der Waals surface area contributed by atoms with E-state index in [-0.39, 0.29) is 30.3 Å². The second-order valence-corrected chi connectivity index (χ2v) is 8.53. The summed E-state index contributed by atoms with van der Waals surface area (Å²) in [5.74, 6) is 0.0457. The largest absolute Gasteiger partial charge is 0.494 e. The van der Waals surface area contributed by atoms with Crippen LogP contribution in [0.4, 0.5) is 4.79 Å². The Morgan fingerprint density at radius 3 is 2.70 bits per heavy atom. The van der Waals surface area contributed by atoms with Gasteiger partial charge in [-0.2, -0.15) is 0 Å². The number of rotatable bonds is 4. The highest BCUT2D eigenvalue weighted by Gasteiger charge is 2.30. The van der Waals surface area contributed by atoms with Gasteiger partial charge in [-0.05, 0) is 55.7 Å². The van der Waals surface area contributed by atoms with Crippen LogP contribution in [0.15, 0.2) is 24.4 Å². The molecule has 2 heterocycles. The minimum atomic E-state index is -0.610. The van der Waals surface area contributed by atoms with Crippen molar-refractivity contribution in [3.8, 4) is 5.88 Å². The number of amides is 4. The molecule has 4 N–H and O–H groups in total. The number of hydrogen-bond donors (Lipinski definition) is 4. The average Bonchev–Trinajstić information content (AvgIpc) is 3.04. The zero-order valence-electron chi connectivity index (χ0n) is 17.1. The monoisotopic (exact) mass is 412 g/mol. The van der Waals surface area contributed by atoms with Gasteiger partial charge < -0.3 is 20.3 Å². The summed E-state index contributed by atoms with van der Waals surface area (Å²) in [4.78, 5) is 35.7. The molecule has 1 unspecified atom stereocenters. The predicted molar refractivity (Wildman–Crippen MR) is 112 cm³/mol. The summed E-state index contributed by atoms with van der Waals surface area (Å²) in [6.45, 7) is 2.62. The maximum atomic E-state index is 12.2. The number of hydrogen-bond acceptors (Lipinski definition) is 4. The number of urea groups is 1. The second kappa shape index (κ2) is 8.38. The Morgan fingerprint density at radius 2 is 1.97 bits per heavy atom. The van der Waals surface area contributed by atoms with Crippen LogP contribution in [0.5, 0.6) is 5.88 Å². The number of nitrogens with zero attached hydrogens (tertiary/aromatic N) is 1. The van der Waals surface area contributed by atoms with Crippen molar-refractivity contribution in [3.05, 3.63) is 30.0 Å². The van der Waals surface area contributed by atoms with Gasteiger partial charge in [0.2, 0.25) is 11.8 Å². The number of benzene rings is 1. The van der Waals surface area contributed by atoms with Gasteiger partial charge in [0.25, 0.3) is 0 Å². The quantitative estimate of drug-likeness (QED) is 0.578. The van der Waals surface area contributed by atoms with Gasteiger partial charge in [0.15, 0.2) is 5.88 Å². The molecule has 8 nitrogen and oxygen atoms in total. The van der Waals surface area contributed by atoms with Gasteiger partial charge in [-0.15, -0.1) is 0 Å². The molecule has 1 saturated heterocycles. The van der Waals surface area contributed by atoms with E-state index in [0.717, 1.165) is 42.6 Å². The fourth-order valence-corrected chi connectivity index (χ4v) is 4.39. The number of piperidine rings is 1. The molecular formula is C22H28N4O4. The Morgan fingerprint density at radius 1 is 1.20 bits per heavy atom. The first-order chi connectivity index (χ1) is 14.4. The van der Waals surface area contributed by atoms with E-state index in [0.29, 0.717) is 18.4 Å². The number of nitrogens with one attached hydrogen (secondary N) is 3. The number of aromatic nitrogens is 1.